The molecule has 5 nitrogen and oxygen atoms in total. The van der Waals surface area contributed by atoms with Crippen molar-refractivity contribution in [1.82, 2.24) is 10.6 Å². The Balaban J connectivity index is 1.56. The van der Waals surface area contributed by atoms with E-state index < -0.39 is 6.03 Å². The summed E-state index contributed by atoms with van der Waals surface area (Å²) in [4.78, 5) is 24.9. The van der Waals surface area contributed by atoms with Crippen LogP contribution in [0.25, 0.3) is 10.4 Å². The minimum absolute atomic E-state index is 0.0188. The van der Waals surface area contributed by atoms with E-state index >= 15 is 0 Å². The molecule has 0 radical (unpaired) electrons. The van der Waals surface area contributed by atoms with Gasteiger partial charge in [-0.05, 0) is 48.4 Å². The van der Waals surface area contributed by atoms with Gasteiger partial charge >= 0.3 is 6.03 Å². The molecule has 3 amide bonds. The monoisotopic (exact) mass is 343 g/mol. The minimum Gasteiger partial charge on any atom is -0.352 e. The summed E-state index contributed by atoms with van der Waals surface area (Å²) in [6.45, 7) is 1.13. The molecule has 1 aromatic heterocycles. The summed E-state index contributed by atoms with van der Waals surface area (Å²) in [7, 11) is 0. The first-order valence-electron chi connectivity index (χ1n) is 8.17. The number of fused-ring (bicyclic) bond motifs is 3. The average Bonchev–Trinajstić information content (AvgIpc) is 3.02. The van der Waals surface area contributed by atoms with Gasteiger partial charge in [-0.3, -0.25) is 4.79 Å². The number of thiophene rings is 1. The van der Waals surface area contributed by atoms with Crippen LogP contribution in [0.1, 0.15) is 33.6 Å². The zero-order valence-electron chi connectivity index (χ0n) is 13.4. The molecular weight excluding hydrogens is 322 g/mol. The maximum absolute atomic E-state index is 12.3. The lowest BCUT2D eigenvalue weighted by molar-refractivity contribution is 0.0957. The van der Waals surface area contributed by atoms with Crippen molar-refractivity contribution in [1.29, 1.82) is 0 Å². The second kappa shape index (κ2) is 7.49. The van der Waals surface area contributed by atoms with Crippen LogP contribution in [0.2, 0.25) is 0 Å². The molecule has 0 spiro atoms. The largest absolute Gasteiger partial charge is 0.352 e. The van der Waals surface area contributed by atoms with E-state index in [0.29, 0.717) is 13.1 Å². The van der Waals surface area contributed by atoms with E-state index in [4.69, 9.17) is 5.73 Å². The highest BCUT2D eigenvalue weighted by Crippen LogP contribution is 2.39. The van der Waals surface area contributed by atoms with Gasteiger partial charge in [0.2, 0.25) is 0 Å². The van der Waals surface area contributed by atoms with Crippen LogP contribution in [-0.2, 0) is 12.8 Å². The van der Waals surface area contributed by atoms with E-state index in [1.165, 1.54) is 21.6 Å². The van der Waals surface area contributed by atoms with Crippen LogP contribution in [0.15, 0.2) is 30.3 Å². The Morgan fingerprint density at radius 2 is 1.75 bits per heavy atom. The number of unbranched alkanes of at least 4 members (excludes halogenated alkanes) is 1. The minimum atomic E-state index is -0.511. The number of hydrogen-bond donors (Lipinski definition) is 3. The Labute approximate surface area is 145 Å². The molecular formula is C18H21N3O2S. The molecule has 126 valence electrons. The fraction of sp³-hybridized carbons (Fsp3) is 0.333. The van der Waals surface area contributed by atoms with Gasteiger partial charge in [-0.2, -0.15) is 0 Å². The van der Waals surface area contributed by atoms with E-state index in [1.807, 2.05) is 12.1 Å². The summed E-state index contributed by atoms with van der Waals surface area (Å²) in [6, 6.07) is 9.93. The third-order valence-electron chi connectivity index (χ3n) is 4.15. The van der Waals surface area contributed by atoms with Gasteiger partial charge in [0.1, 0.15) is 0 Å². The lowest BCUT2D eigenvalue weighted by atomic mass is 9.91. The molecule has 0 saturated carbocycles. The first kappa shape index (κ1) is 16.5. The highest BCUT2D eigenvalue weighted by Gasteiger charge is 2.21. The fourth-order valence-electron chi connectivity index (χ4n) is 2.93. The molecule has 0 unspecified atom stereocenters. The Bertz CT molecular complexity index is 754. The second-order valence-corrected chi connectivity index (χ2v) is 6.93. The number of rotatable bonds is 6. The number of benzene rings is 1. The molecule has 2 aromatic rings. The molecule has 4 N–H and O–H groups in total. The number of primary amides is 1. The van der Waals surface area contributed by atoms with Gasteiger partial charge in [-0.15, -0.1) is 11.3 Å². The summed E-state index contributed by atoms with van der Waals surface area (Å²) >= 11 is 1.57. The van der Waals surface area contributed by atoms with Crippen molar-refractivity contribution < 1.29 is 9.59 Å². The standard InChI is InChI=1S/C18H21N3O2S/c19-18(23)21-10-4-3-9-20-17(22)15-11-13-8-7-12-5-1-2-6-14(12)16(13)24-15/h1-2,5-6,11H,3-4,7-10H2,(H,20,22)(H3,19,21,23). The van der Waals surface area contributed by atoms with Crippen molar-refractivity contribution in [3.8, 4) is 10.4 Å². The van der Waals surface area contributed by atoms with Gasteiger partial charge in [0.25, 0.3) is 5.91 Å². The Hall–Kier alpha value is -2.34. The third-order valence-corrected chi connectivity index (χ3v) is 5.36. The number of urea groups is 1. The van der Waals surface area contributed by atoms with E-state index in [0.717, 1.165) is 30.6 Å². The summed E-state index contributed by atoms with van der Waals surface area (Å²) in [5.74, 6) is -0.0188. The number of amides is 3. The van der Waals surface area contributed by atoms with Crippen molar-refractivity contribution in [3.05, 3.63) is 46.3 Å². The van der Waals surface area contributed by atoms with Gasteiger partial charge in [0.15, 0.2) is 0 Å². The van der Waals surface area contributed by atoms with Crippen LogP contribution in [-0.4, -0.2) is 25.0 Å². The predicted octanol–water partition coefficient (Wildman–Crippen LogP) is 2.69. The molecule has 1 aromatic carbocycles. The molecule has 0 aliphatic heterocycles. The Morgan fingerprint density at radius 3 is 2.54 bits per heavy atom. The highest BCUT2D eigenvalue weighted by molar-refractivity contribution is 7.17. The van der Waals surface area contributed by atoms with E-state index in [9.17, 15) is 9.59 Å². The molecule has 0 saturated heterocycles. The van der Waals surface area contributed by atoms with E-state index in [1.54, 1.807) is 11.3 Å². The predicted molar refractivity (Wildman–Crippen MR) is 96.3 cm³/mol. The van der Waals surface area contributed by atoms with Gasteiger partial charge in [-0.1, -0.05) is 24.3 Å². The summed E-state index contributed by atoms with van der Waals surface area (Å²) in [5, 5.41) is 5.48. The van der Waals surface area contributed by atoms with Crippen molar-refractivity contribution in [2.45, 2.75) is 25.7 Å². The van der Waals surface area contributed by atoms with Crippen LogP contribution in [0.4, 0.5) is 4.79 Å². The number of nitrogens with two attached hydrogens (primary N) is 1. The van der Waals surface area contributed by atoms with Crippen molar-refractivity contribution in [2.24, 2.45) is 5.73 Å². The highest BCUT2D eigenvalue weighted by atomic mass is 32.1. The topological polar surface area (TPSA) is 84.2 Å². The van der Waals surface area contributed by atoms with Crippen LogP contribution < -0.4 is 16.4 Å². The Morgan fingerprint density at radius 1 is 1.04 bits per heavy atom. The van der Waals surface area contributed by atoms with Crippen molar-refractivity contribution in [2.75, 3.05) is 13.1 Å². The maximum atomic E-state index is 12.3. The second-order valence-electron chi connectivity index (χ2n) is 5.88. The summed E-state index contributed by atoms with van der Waals surface area (Å²) < 4.78 is 0. The molecule has 6 heteroatoms. The molecule has 0 atom stereocenters. The average molecular weight is 343 g/mol. The maximum Gasteiger partial charge on any atom is 0.312 e. The first-order valence-corrected chi connectivity index (χ1v) is 8.99. The number of carbonyl (C=O) groups is 2. The number of nitrogens with one attached hydrogen (secondary N) is 2. The lowest BCUT2D eigenvalue weighted by Crippen LogP contribution is -2.30. The molecule has 24 heavy (non-hydrogen) atoms. The lowest BCUT2D eigenvalue weighted by Gasteiger charge is -2.15. The normalized spacial score (nSPS) is 12.2. The summed E-state index contributed by atoms with van der Waals surface area (Å²) in [5.41, 5.74) is 8.89. The molecule has 0 bridgehead atoms. The third kappa shape index (κ3) is 3.76. The van der Waals surface area contributed by atoms with Crippen LogP contribution in [0.3, 0.4) is 0 Å². The smallest absolute Gasteiger partial charge is 0.312 e. The fourth-order valence-corrected chi connectivity index (χ4v) is 4.12. The zero-order valence-corrected chi connectivity index (χ0v) is 14.2. The van der Waals surface area contributed by atoms with Gasteiger partial charge < -0.3 is 16.4 Å². The number of hydrogen-bond acceptors (Lipinski definition) is 3. The molecule has 1 aliphatic carbocycles. The van der Waals surface area contributed by atoms with Crippen LogP contribution in [0.5, 0.6) is 0 Å². The van der Waals surface area contributed by atoms with Crippen molar-refractivity contribution in [3.63, 3.8) is 0 Å². The Kier molecular flexibility index (Phi) is 5.15. The van der Waals surface area contributed by atoms with Crippen molar-refractivity contribution >= 4 is 23.3 Å². The van der Waals surface area contributed by atoms with Gasteiger partial charge in [0, 0.05) is 18.0 Å². The molecule has 0 fully saturated rings. The number of aryl methyl sites for hydroxylation is 2. The van der Waals surface area contributed by atoms with Gasteiger partial charge in [0.05, 0.1) is 4.88 Å². The molecule has 3 rings (SSSR count). The van der Waals surface area contributed by atoms with E-state index in [2.05, 4.69) is 28.8 Å². The SMILES string of the molecule is NC(=O)NCCCCNC(=O)c1cc2c(s1)-c1ccccc1CC2. The van der Waals surface area contributed by atoms with E-state index in [-0.39, 0.29) is 5.91 Å². The van der Waals surface area contributed by atoms with Crippen LogP contribution in [0, 0.1) is 0 Å². The first-order chi connectivity index (χ1) is 11.6. The molecule has 1 heterocycles. The van der Waals surface area contributed by atoms with Crippen LogP contribution >= 0.6 is 11.3 Å². The zero-order chi connectivity index (χ0) is 16.9. The number of carbonyl (C=O) groups excluding carboxylic acids is 2. The molecule has 1 aliphatic rings. The van der Waals surface area contributed by atoms with Gasteiger partial charge in [-0.25, -0.2) is 4.79 Å². The quantitative estimate of drug-likeness (QED) is 0.705. The summed E-state index contributed by atoms with van der Waals surface area (Å²) in [6.07, 6.45) is 3.63.